The summed E-state index contributed by atoms with van der Waals surface area (Å²) in [7, 11) is 0. The van der Waals surface area contributed by atoms with E-state index in [0.717, 1.165) is 21.8 Å². The zero-order valence-corrected chi connectivity index (χ0v) is 18.6. The van der Waals surface area contributed by atoms with Gasteiger partial charge in [0.05, 0.1) is 11.2 Å². The van der Waals surface area contributed by atoms with Gasteiger partial charge in [0.2, 0.25) is 5.75 Å². The van der Waals surface area contributed by atoms with Crippen molar-refractivity contribution in [1.29, 1.82) is 0 Å². The molecule has 0 amide bonds. The molecule has 2 aromatic rings. The van der Waals surface area contributed by atoms with Crippen molar-refractivity contribution in [2.75, 3.05) is 5.06 Å². The van der Waals surface area contributed by atoms with Gasteiger partial charge in [0.15, 0.2) is 5.75 Å². The standard InChI is InChI=1S/C24H33NO3/c1-22(2,3)17-10-15(11-18(14-17)25(28)24(7,8)9)16-12-19(23(4,5)6)21(27)20(26)13-16/h10-14,26H,1-9H3. The van der Waals surface area contributed by atoms with Gasteiger partial charge in [-0.1, -0.05) is 52.8 Å². The molecule has 4 nitrogen and oxygen atoms in total. The quantitative estimate of drug-likeness (QED) is 0.583. The molecule has 0 saturated heterocycles. The molecular weight excluding hydrogens is 350 g/mol. The lowest BCUT2D eigenvalue weighted by Crippen LogP contribution is -2.37. The van der Waals surface area contributed by atoms with Crippen LogP contribution < -0.4 is 5.06 Å². The van der Waals surface area contributed by atoms with Crippen LogP contribution in [0.2, 0.25) is 0 Å². The summed E-state index contributed by atoms with van der Waals surface area (Å²) in [6.45, 7) is 17.8. The smallest absolute Gasteiger partial charge is 0.223 e. The Morgan fingerprint density at radius 1 is 0.750 bits per heavy atom. The number of hydrogen-bond donors (Lipinski definition) is 1. The molecule has 0 spiro atoms. The molecule has 0 atom stereocenters. The summed E-state index contributed by atoms with van der Waals surface area (Å²) < 4.78 is 0. The van der Waals surface area contributed by atoms with E-state index in [9.17, 15) is 15.4 Å². The Bertz CT molecular complexity index is 865. The van der Waals surface area contributed by atoms with Crippen LogP contribution in [0.25, 0.3) is 11.1 Å². The minimum absolute atomic E-state index is 0.156. The number of hydroxylamine groups is 1. The maximum atomic E-state index is 12.9. The molecule has 1 N–H and O–H groups in total. The summed E-state index contributed by atoms with van der Waals surface area (Å²) in [6, 6.07) is 9.12. The van der Waals surface area contributed by atoms with Gasteiger partial charge in [-0.3, -0.25) is 5.11 Å². The zero-order chi connectivity index (χ0) is 21.7. The molecule has 0 aliphatic heterocycles. The van der Waals surface area contributed by atoms with E-state index < -0.39 is 11.0 Å². The normalized spacial score (nSPS) is 12.9. The lowest BCUT2D eigenvalue weighted by atomic mass is 9.82. The second kappa shape index (κ2) is 7.00. The number of aromatic hydroxyl groups is 1. The number of nitrogens with zero attached hydrogens (tertiary/aromatic N) is 1. The first-order valence-electron chi connectivity index (χ1n) is 9.69. The van der Waals surface area contributed by atoms with Crippen LogP contribution in [0, 0.1) is 0 Å². The van der Waals surface area contributed by atoms with E-state index in [1.54, 1.807) is 0 Å². The van der Waals surface area contributed by atoms with Gasteiger partial charge in [-0.2, -0.15) is 0 Å². The van der Waals surface area contributed by atoms with Crippen LogP contribution in [0.1, 0.15) is 73.4 Å². The van der Waals surface area contributed by atoms with E-state index in [1.807, 2.05) is 65.8 Å². The van der Waals surface area contributed by atoms with Crippen molar-refractivity contribution in [3.8, 4) is 22.6 Å². The number of anilines is 1. The molecule has 0 aromatic heterocycles. The van der Waals surface area contributed by atoms with Gasteiger partial charge in [0.25, 0.3) is 0 Å². The van der Waals surface area contributed by atoms with Crippen molar-refractivity contribution in [1.82, 2.24) is 0 Å². The maximum absolute atomic E-state index is 12.9. The van der Waals surface area contributed by atoms with Gasteiger partial charge in [-0.25, -0.2) is 5.06 Å². The Kier molecular flexibility index (Phi) is 5.52. The minimum atomic E-state index is -0.578. The molecule has 2 aromatic carbocycles. The highest BCUT2D eigenvalue weighted by atomic mass is 16.5. The summed E-state index contributed by atoms with van der Waals surface area (Å²) in [5.41, 5.74) is 2.56. The molecule has 2 rings (SSSR count). The van der Waals surface area contributed by atoms with Gasteiger partial charge in [-0.15, -0.1) is 0 Å². The van der Waals surface area contributed by atoms with Gasteiger partial charge in [0, 0.05) is 5.56 Å². The largest absolute Gasteiger partial charge is 0.504 e. The molecule has 0 bridgehead atoms. The van der Waals surface area contributed by atoms with E-state index in [2.05, 4.69) is 20.8 Å². The monoisotopic (exact) mass is 383 g/mol. The Hall–Kier alpha value is -2.20. The summed E-state index contributed by atoms with van der Waals surface area (Å²) in [4.78, 5) is 0. The second-order valence-corrected chi connectivity index (χ2v) is 10.6. The van der Waals surface area contributed by atoms with Crippen LogP contribution in [0.4, 0.5) is 5.69 Å². The lowest BCUT2D eigenvalue weighted by molar-refractivity contribution is 0.102. The Balaban J connectivity index is 2.77. The van der Waals surface area contributed by atoms with Crippen LogP contribution in [0.15, 0.2) is 30.3 Å². The first-order valence-corrected chi connectivity index (χ1v) is 9.69. The van der Waals surface area contributed by atoms with Crippen molar-refractivity contribution >= 4 is 5.69 Å². The molecule has 4 heteroatoms. The Morgan fingerprint density at radius 3 is 1.75 bits per heavy atom. The Morgan fingerprint density at radius 2 is 1.29 bits per heavy atom. The molecule has 0 heterocycles. The van der Waals surface area contributed by atoms with Crippen molar-refractivity contribution in [3.63, 3.8) is 0 Å². The molecule has 2 radical (unpaired) electrons. The third kappa shape index (κ3) is 4.61. The van der Waals surface area contributed by atoms with Gasteiger partial charge < -0.3 is 5.11 Å². The third-order valence-electron chi connectivity index (χ3n) is 4.84. The minimum Gasteiger partial charge on any atom is -0.504 e. The first kappa shape index (κ1) is 22.1. The number of benzene rings is 2. The fourth-order valence-corrected chi connectivity index (χ4v) is 3.05. The van der Waals surface area contributed by atoms with E-state index in [4.69, 9.17) is 0 Å². The summed E-state index contributed by atoms with van der Waals surface area (Å²) in [6.07, 6.45) is 0. The average Bonchev–Trinajstić information content (AvgIpc) is 2.53. The first-order chi connectivity index (χ1) is 12.5. The Labute approximate surface area is 169 Å². The molecule has 0 fully saturated rings. The fourth-order valence-electron chi connectivity index (χ4n) is 3.05. The van der Waals surface area contributed by atoms with Crippen LogP contribution in [-0.4, -0.2) is 10.6 Å². The van der Waals surface area contributed by atoms with Gasteiger partial charge in [-0.05, 0) is 72.6 Å². The van der Waals surface area contributed by atoms with Gasteiger partial charge in [0.1, 0.15) is 0 Å². The van der Waals surface area contributed by atoms with Crippen LogP contribution in [-0.2, 0) is 21.1 Å². The third-order valence-corrected chi connectivity index (χ3v) is 4.84. The van der Waals surface area contributed by atoms with E-state index in [0.29, 0.717) is 11.3 Å². The topological polar surface area (TPSA) is 63.3 Å². The van der Waals surface area contributed by atoms with Crippen LogP contribution in [0.3, 0.4) is 0 Å². The van der Waals surface area contributed by atoms with Crippen LogP contribution >= 0.6 is 0 Å². The SMILES string of the molecule is CC(C)(C)c1cc(-c2cc(O)c([O])c(C(C)(C)C)c2)cc(N([O])C(C)(C)C)c1. The van der Waals surface area contributed by atoms with E-state index in [1.165, 1.54) is 6.07 Å². The molecule has 0 unspecified atom stereocenters. The maximum Gasteiger partial charge on any atom is 0.223 e. The second-order valence-electron chi connectivity index (χ2n) is 10.6. The van der Waals surface area contributed by atoms with Crippen molar-refractivity contribution in [3.05, 3.63) is 41.5 Å². The predicted octanol–water partition coefficient (Wildman–Crippen LogP) is 6.75. The van der Waals surface area contributed by atoms with Crippen LogP contribution in [0.5, 0.6) is 11.5 Å². The molecule has 28 heavy (non-hydrogen) atoms. The molecule has 0 aliphatic rings. The zero-order valence-electron chi connectivity index (χ0n) is 18.6. The average molecular weight is 384 g/mol. The van der Waals surface area contributed by atoms with E-state index in [-0.39, 0.29) is 16.9 Å². The van der Waals surface area contributed by atoms with Gasteiger partial charge >= 0.3 is 0 Å². The highest BCUT2D eigenvalue weighted by Gasteiger charge is 2.26. The van der Waals surface area contributed by atoms with E-state index >= 15 is 0 Å². The number of hydrogen-bond acceptors (Lipinski definition) is 2. The number of phenolic OH excluding ortho intramolecular Hbond substituents is 1. The fraction of sp³-hybridized carbons (Fsp3) is 0.500. The summed E-state index contributed by atoms with van der Waals surface area (Å²) in [5.74, 6) is -0.608. The molecular formula is C24H33NO3. The summed E-state index contributed by atoms with van der Waals surface area (Å²) in [5, 5.41) is 36.6. The summed E-state index contributed by atoms with van der Waals surface area (Å²) >= 11 is 0. The van der Waals surface area contributed by atoms with Crippen molar-refractivity contribution in [2.24, 2.45) is 0 Å². The van der Waals surface area contributed by atoms with Crippen molar-refractivity contribution < 1.29 is 15.4 Å². The molecule has 152 valence electrons. The lowest BCUT2D eigenvalue weighted by Gasteiger charge is -2.31. The number of phenols is 1. The highest BCUT2D eigenvalue weighted by molar-refractivity contribution is 5.74. The predicted molar refractivity (Wildman–Crippen MR) is 114 cm³/mol. The van der Waals surface area contributed by atoms with Crippen molar-refractivity contribution in [2.45, 2.75) is 78.7 Å². The molecule has 0 aliphatic carbocycles. The number of rotatable bonds is 2. The highest BCUT2D eigenvalue weighted by Crippen LogP contribution is 2.42. The molecule has 0 saturated carbocycles.